The fourth-order valence-corrected chi connectivity index (χ4v) is 4.87. The number of alkyl halides is 3. The number of thiophene rings is 1. The van der Waals surface area contributed by atoms with Gasteiger partial charge in [-0.25, -0.2) is 8.42 Å². The average molecular weight is 621 g/mol. The van der Waals surface area contributed by atoms with Crippen molar-refractivity contribution in [3.63, 3.8) is 0 Å². The number of anilines is 1. The molecule has 1 heterocycles. The molecule has 0 saturated heterocycles. The van der Waals surface area contributed by atoms with E-state index in [1.807, 2.05) is 6.92 Å². The molecule has 0 fully saturated rings. The smallest absolute Gasteiger partial charge is 0.268 e. The van der Waals surface area contributed by atoms with Crippen LogP contribution in [0.15, 0.2) is 70.9 Å². The summed E-state index contributed by atoms with van der Waals surface area (Å²) >= 11 is 24.5. The van der Waals surface area contributed by atoms with E-state index in [0.717, 1.165) is 5.56 Å². The number of thiocarbonyl (C=S) groups is 1. The molecular formula is C22H20Cl3N5O4S3. The van der Waals surface area contributed by atoms with Crippen LogP contribution in [-0.2, 0) is 10.0 Å². The highest BCUT2D eigenvalue weighted by Crippen LogP contribution is 2.29. The second kappa shape index (κ2) is 12.4. The number of sulfonamides is 1. The van der Waals surface area contributed by atoms with Crippen molar-refractivity contribution < 1.29 is 18.0 Å². The Kier molecular flexibility index (Phi) is 9.75. The van der Waals surface area contributed by atoms with Crippen LogP contribution in [0, 0.1) is 6.92 Å². The minimum absolute atomic E-state index is 0.0162. The molecule has 5 N–H and O–H groups in total. The van der Waals surface area contributed by atoms with Crippen molar-refractivity contribution in [1.29, 1.82) is 0 Å². The number of hydrazine groups is 1. The van der Waals surface area contributed by atoms with E-state index in [0.29, 0.717) is 4.88 Å². The summed E-state index contributed by atoms with van der Waals surface area (Å²) in [6.45, 7) is 1.82. The van der Waals surface area contributed by atoms with E-state index in [9.17, 15) is 18.0 Å². The summed E-state index contributed by atoms with van der Waals surface area (Å²) < 4.78 is 23.0. The van der Waals surface area contributed by atoms with Gasteiger partial charge in [-0.2, -0.15) is 0 Å². The number of nitrogens with one attached hydrogen (secondary N) is 5. The van der Waals surface area contributed by atoms with E-state index < -0.39 is 31.8 Å². The van der Waals surface area contributed by atoms with Crippen molar-refractivity contribution in [2.75, 3.05) is 5.32 Å². The monoisotopic (exact) mass is 619 g/mol. The molecule has 3 rings (SSSR count). The van der Waals surface area contributed by atoms with Crippen LogP contribution in [0.4, 0.5) is 5.69 Å². The third-order valence-electron chi connectivity index (χ3n) is 4.67. The van der Waals surface area contributed by atoms with Crippen LogP contribution in [0.5, 0.6) is 0 Å². The number of benzene rings is 2. The number of amides is 2. The van der Waals surface area contributed by atoms with Gasteiger partial charge in [-0.15, -0.1) is 16.2 Å². The second-order valence-electron chi connectivity index (χ2n) is 7.44. The normalized spacial score (nSPS) is 12.3. The van der Waals surface area contributed by atoms with Gasteiger partial charge in [0.1, 0.15) is 6.17 Å². The highest BCUT2D eigenvalue weighted by Gasteiger charge is 2.35. The summed E-state index contributed by atoms with van der Waals surface area (Å²) in [5.74, 6) is -1.24. The molecule has 0 spiro atoms. The number of aryl methyl sites for hydroxylation is 1. The van der Waals surface area contributed by atoms with Crippen molar-refractivity contribution in [2.45, 2.75) is 21.8 Å². The zero-order chi connectivity index (χ0) is 27.2. The summed E-state index contributed by atoms with van der Waals surface area (Å²) in [6, 6.07) is 15.6. The molecular weight excluding hydrogens is 601 g/mol. The Morgan fingerprint density at radius 3 is 2.24 bits per heavy atom. The maximum atomic E-state index is 12.8. The predicted octanol–water partition coefficient (Wildman–Crippen LogP) is 4.09. The van der Waals surface area contributed by atoms with Crippen LogP contribution in [0.1, 0.15) is 25.6 Å². The minimum Gasteiger partial charge on any atom is -0.339 e. The average Bonchev–Trinajstić information content (AvgIpc) is 3.37. The summed E-state index contributed by atoms with van der Waals surface area (Å²) in [5.41, 5.74) is 3.34. The molecule has 1 atom stereocenters. The molecule has 3 aromatic rings. The van der Waals surface area contributed by atoms with Gasteiger partial charge in [0.2, 0.25) is 3.79 Å². The third-order valence-corrected chi connectivity index (χ3v) is 7.68. The number of halogens is 3. The van der Waals surface area contributed by atoms with Crippen LogP contribution in [0.25, 0.3) is 0 Å². The van der Waals surface area contributed by atoms with Gasteiger partial charge in [0, 0.05) is 0 Å². The Labute approximate surface area is 237 Å². The highest BCUT2D eigenvalue weighted by atomic mass is 35.6. The lowest BCUT2D eigenvalue weighted by Crippen LogP contribution is -2.56. The molecule has 37 heavy (non-hydrogen) atoms. The van der Waals surface area contributed by atoms with Gasteiger partial charge in [0.25, 0.3) is 21.8 Å². The van der Waals surface area contributed by atoms with Gasteiger partial charge in [-0.3, -0.25) is 15.0 Å². The molecule has 0 aliphatic heterocycles. The van der Waals surface area contributed by atoms with E-state index in [2.05, 4.69) is 26.2 Å². The second-order valence-corrected chi connectivity index (χ2v) is 12.8. The molecule has 0 saturated carbocycles. The maximum Gasteiger partial charge on any atom is 0.268 e. The van der Waals surface area contributed by atoms with Gasteiger partial charge in [-0.05, 0) is 54.9 Å². The van der Waals surface area contributed by atoms with Gasteiger partial charge in [0.05, 0.1) is 21.0 Å². The van der Waals surface area contributed by atoms with E-state index in [1.165, 1.54) is 35.6 Å². The Balaban J connectivity index is 1.68. The number of hydrogen-bond donors (Lipinski definition) is 5. The summed E-state index contributed by atoms with van der Waals surface area (Å²) in [5, 5.41) is 9.69. The largest absolute Gasteiger partial charge is 0.339 e. The molecule has 1 unspecified atom stereocenters. The van der Waals surface area contributed by atoms with Crippen molar-refractivity contribution in [3.8, 4) is 0 Å². The number of rotatable bonds is 8. The molecule has 196 valence electrons. The zero-order valence-electron chi connectivity index (χ0n) is 18.9. The van der Waals surface area contributed by atoms with E-state index in [-0.39, 0.29) is 21.3 Å². The standard InChI is InChI=1S/C22H20Cl3N5O4S3/c1-13-8-10-14(11-9-13)37(33,34)30-29-18(31)15-5-2-3-6-16(15)26-21(35)28-20(22(23,24)25)27-19(32)17-7-4-12-36-17/h2-12,20,30H,1H3,(H,27,32)(H,29,31)(H2,26,28,35). The van der Waals surface area contributed by atoms with Crippen molar-refractivity contribution >= 4 is 91.0 Å². The molecule has 2 amide bonds. The SMILES string of the molecule is Cc1ccc(S(=O)(=O)NNC(=O)c2ccccc2NC(=S)NC(NC(=O)c2cccs2)C(Cl)(Cl)Cl)cc1. The molecule has 0 aliphatic rings. The molecule has 0 aliphatic carbocycles. The van der Waals surface area contributed by atoms with Crippen LogP contribution in [0.3, 0.4) is 0 Å². The van der Waals surface area contributed by atoms with Gasteiger partial charge >= 0.3 is 0 Å². The number of carbonyl (C=O) groups is 2. The summed E-state index contributed by atoms with van der Waals surface area (Å²) in [7, 11) is -4.00. The lowest BCUT2D eigenvalue weighted by molar-refractivity contribution is 0.0934. The predicted molar refractivity (Wildman–Crippen MR) is 151 cm³/mol. The van der Waals surface area contributed by atoms with Crippen molar-refractivity contribution in [3.05, 3.63) is 82.0 Å². The first kappa shape index (κ1) is 29.1. The van der Waals surface area contributed by atoms with Gasteiger partial charge in [0.15, 0.2) is 5.11 Å². The fraction of sp³-hybridized carbons (Fsp3) is 0.136. The van der Waals surface area contributed by atoms with Gasteiger partial charge < -0.3 is 16.0 Å². The topological polar surface area (TPSA) is 128 Å². The Hall–Kier alpha value is -2.45. The van der Waals surface area contributed by atoms with Crippen molar-refractivity contribution in [1.82, 2.24) is 20.9 Å². The highest BCUT2D eigenvalue weighted by molar-refractivity contribution is 7.89. The van der Waals surface area contributed by atoms with E-state index in [1.54, 1.807) is 41.8 Å². The molecule has 0 bridgehead atoms. The lowest BCUT2D eigenvalue weighted by atomic mass is 10.1. The van der Waals surface area contributed by atoms with Gasteiger partial charge in [-0.1, -0.05) is 70.7 Å². The van der Waals surface area contributed by atoms with E-state index in [4.69, 9.17) is 47.0 Å². The zero-order valence-corrected chi connectivity index (χ0v) is 23.6. The molecule has 15 heteroatoms. The Morgan fingerprint density at radius 2 is 1.62 bits per heavy atom. The lowest BCUT2D eigenvalue weighted by Gasteiger charge is -2.27. The van der Waals surface area contributed by atoms with Crippen LogP contribution in [0.2, 0.25) is 0 Å². The first-order valence-corrected chi connectivity index (χ1v) is 14.2. The minimum atomic E-state index is -4.00. The number of para-hydroxylation sites is 1. The molecule has 9 nitrogen and oxygen atoms in total. The van der Waals surface area contributed by atoms with Crippen LogP contribution in [-0.4, -0.2) is 35.3 Å². The summed E-state index contributed by atoms with van der Waals surface area (Å²) in [4.78, 5) is 27.6. The quantitative estimate of drug-likeness (QED) is 0.111. The first-order valence-electron chi connectivity index (χ1n) is 10.3. The number of hydrogen-bond acceptors (Lipinski definition) is 6. The van der Waals surface area contributed by atoms with Crippen LogP contribution < -0.4 is 26.2 Å². The van der Waals surface area contributed by atoms with Crippen LogP contribution >= 0.6 is 58.4 Å². The molecule has 2 aromatic carbocycles. The third kappa shape index (κ3) is 8.27. The van der Waals surface area contributed by atoms with Crippen molar-refractivity contribution in [2.24, 2.45) is 0 Å². The molecule has 1 aromatic heterocycles. The van der Waals surface area contributed by atoms with E-state index >= 15 is 0 Å². The number of carbonyl (C=O) groups excluding carboxylic acids is 2. The Bertz CT molecular complexity index is 1380. The maximum absolute atomic E-state index is 12.8. The first-order chi connectivity index (χ1) is 17.4. The molecule has 0 radical (unpaired) electrons. The fourth-order valence-electron chi connectivity index (χ4n) is 2.85. The Morgan fingerprint density at radius 1 is 0.946 bits per heavy atom. The summed E-state index contributed by atoms with van der Waals surface area (Å²) in [6.07, 6.45) is -1.23.